The monoisotopic (exact) mass is 326 g/mol. The number of aromatic nitrogens is 1. The van der Waals surface area contributed by atoms with Gasteiger partial charge in [0.05, 0.1) is 28.7 Å². The van der Waals surface area contributed by atoms with Crippen LogP contribution in [-0.4, -0.2) is 35.2 Å². The van der Waals surface area contributed by atoms with Gasteiger partial charge in [-0.15, -0.1) is 0 Å². The number of hydrogen-bond acceptors (Lipinski definition) is 3. The SMILES string of the molecule is CC(C)(C)C#CCN(C=O)CC(=O)c1c(Cl)cncc1Cl. The van der Waals surface area contributed by atoms with E-state index < -0.39 is 0 Å². The van der Waals surface area contributed by atoms with E-state index >= 15 is 0 Å². The van der Waals surface area contributed by atoms with Crippen LogP contribution in [0.15, 0.2) is 12.4 Å². The highest BCUT2D eigenvalue weighted by atomic mass is 35.5. The van der Waals surface area contributed by atoms with E-state index in [4.69, 9.17) is 23.2 Å². The smallest absolute Gasteiger partial charge is 0.210 e. The molecule has 0 spiro atoms. The van der Waals surface area contributed by atoms with Crippen LogP contribution in [0.3, 0.4) is 0 Å². The van der Waals surface area contributed by atoms with Crippen molar-refractivity contribution in [2.75, 3.05) is 13.1 Å². The van der Waals surface area contributed by atoms with Crippen LogP contribution in [0.5, 0.6) is 0 Å². The number of carbonyl (C=O) groups excluding carboxylic acids is 2. The van der Waals surface area contributed by atoms with Gasteiger partial charge in [0.2, 0.25) is 6.41 Å². The van der Waals surface area contributed by atoms with Crippen molar-refractivity contribution in [3.05, 3.63) is 28.0 Å². The van der Waals surface area contributed by atoms with Crippen LogP contribution in [0.25, 0.3) is 0 Å². The summed E-state index contributed by atoms with van der Waals surface area (Å²) in [4.78, 5) is 28.2. The van der Waals surface area contributed by atoms with Crippen molar-refractivity contribution in [1.82, 2.24) is 9.88 Å². The molecule has 1 aromatic heterocycles. The first kappa shape index (κ1) is 17.5. The highest BCUT2D eigenvalue weighted by molar-refractivity contribution is 6.39. The third-order valence-electron chi connectivity index (χ3n) is 2.37. The van der Waals surface area contributed by atoms with Crippen LogP contribution in [0.4, 0.5) is 0 Å². The third-order valence-corrected chi connectivity index (χ3v) is 2.95. The predicted molar refractivity (Wildman–Crippen MR) is 83.5 cm³/mol. The Hall–Kier alpha value is -1.57. The number of pyridine rings is 1. The van der Waals surface area contributed by atoms with E-state index in [-0.39, 0.29) is 39.9 Å². The first-order valence-electron chi connectivity index (χ1n) is 6.26. The largest absolute Gasteiger partial charge is 0.326 e. The minimum absolute atomic E-state index is 0.133. The van der Waals surface area contributed by atoms with E-state index in [0.29, 0.717) is 6.41 Å². The van der Waals surface area contributed by atoms with E-state index in [1.165, 1.54) is 17.3 Å². The fourth-order valence-corrected chi connectivity index (χ4v) is 2.05. The molecule has 0 aliphatic rings. The first-order chi connectivity index (χ1) is 9.74. The van der Waals surface area contributed by atoms with Gasteiger partial charge in [-0.2, -0.15) is 0 Å². The summed E-state index contributed by atoms with van der Waals surface area (Å²) in [7, 11) is 0. The Kier molecular flexibility index (Phi) is 6.19. The molecule has 0 bridgehead atoms. The molecule has 0 aliphatic heterocycles. The number of nitrogens with zero attached hydrogens (tertiary/aromatic N) is 2. The molecule has 0 atom stereocenters. The van der Waals surface area contributed by atoms with Crippen LogP contribution in [0, 0.1) is 17.3 Å². The summed E-state index contributed by atoms with van der Waals surface area (Å²) < 4.78 is 0. The Bertz CT molecular complexity index is 578. The number of ketones is 1. The van der Waals surface area contributed by atoms with Gasteiger partial charge in [-0.3, -0.25) is 14.6 Å². The van der Waals surface area contributed by atoms with Crippen molar-refractivity contribution < 1.29 is 9.59 Å². The lowest BCUT2D eigenvalue weighted by Crippen LogP contribution is -2.29. The van der Waals surface area contributed by atoms with Crippen molar-refractivity contribution in [2.45, 2.75) is 20.8 Å². The molecule has 4 nitrogen and oxygen atoms in total. The standard InChI is InChI=1S/C15H16Cl2N2O2/c1-15(2,3)5-4-6-19(10-20)9-13(21)14-11(16)7-18-8-12(14)17/h7-8,10H,6,9H2,1-3H3. The van der Waals surface area contributed by atoms with E-state index in [0.717, 1.165) is 0 Å². The second-order valence-electron chi connectivity index (χ2n) is 5.46. The molecule has 0 radical (unpaired) electrons. The number of rotatable bonds is 5. The van der Waals surface area contributed by atoms with Crippen LogP contribution in [0.1, 0.15) is 31.1 Å². The van der Waals surface area contributed by atoms with Crippen LogP contribution >= 0.6 is 23.2 Å². The molecule has 1 heterocycles. The molecular weight excluding hydrogens is 311 g/mol. The molecule has 21 heavy (non-hydrogen) atoms. The summed E-state index contributed by atoms with van der Waals surface area (Å²) in [5.41, 5.74) is 0.0139. The summed E-state index contributed by atoms with van der Waals surface area (Å²) in [5, 5.41) is 0.332. The van der Waals surface area contributed by atoms with Gasteiger partial charge >= 0.3 is 0 Å². The summed E-state index contributed by atoms with van der Waals surface area (Å²) in [6.07, 6.45) is 3.26. The fourth-order valence-electron chi connectivity index (χ4n) is 1.48. The molecule has 1 rings (SSSR count). The molecule has 0 aromatic carbocycles. The van der Waals surface area contributed by atoms with Crippen molar-refractivity contribution in [2.24, 2.45) is 5.41 Å². The minimum Gasteiger partial charge on any atom is -0.326 e. The van der Waals surface area contributed by atoms with Gasteiger partial charge in [-0.05, 0) is 20.8 Å². The maximum atomic E-state index is 12.2. The lowest BCUT2D eigenvalue weighted by molar-refractivity contribution is -0.117. The second-order valence-corrected chi connectivity index (χ2v) is 6.28. The average Bonchev–Trinajstić information content (AvgIpc) is 2.35. The zero-order valence-corrected chi connectivity index (χ0v) is 13.6. The molecule has 0 saturated carbocycles. The number of halogens is 2. The second kappa shape index (κ2) is 7.44. The molecular formula is C15H16Cl2N2O2. The van der Waals surface area contributed by atoms with Gasteiger partial charge in [-0.1, -0.05) is 35.0 Å². The summed E-state index contributed by atoms with van der Waals surface area (Å²) in [6.45, 7) is 5.94. The molecule has 112 valence electrons. The van der Waals surface area contributed by atoms with Crippen LogP contribution in [0.2, 0.25) is 10.0 Å². The Labute approximate surface area is 134 Å². The predicted octanol–water partition coefficient (Wildman–Crippen LogP) is 3.08. The average molecular weight is 327 g/mol. The van der Waals surface area contributed by atoms with E-state index in [1.54, 1.807) is 0 Å². The number of hydrogen-bond donors (Lipinski definition) is 0. The van der Waals surface area contributed by atoms with E-state index in [1.807, 2.05) is 20.8 Å². The fraction of sp³-hybridized carbons (Fsp3) is 0.400. The topological polar surface area (TPSA) is 50.3 Å². The molecule has 6 heteroatoms. The Morgan fingerprint density at radius 3 is 2.38 bits per heavy atom. The Morgan fingerprint density at radius 2 is 1.90 bits per heavy atom. The summed E-state index contributed by atoms with van der Waals surface area (Å²) >= 11 is 11.8. The normalized spacial score (nSPS) is 10.5. The lowest BCUT2D eigenvalue weighted by atomic mass is 9.98. The van der Waals surface area contributed by atoms with Gasteiger partial charge in [0.25, 0.3) is 0 Å². The highest BCUT2D eigenvalue weighted by Gasteiger charge is 2.17. The quantitative estimate of drug-likeness (QED) is 0.474. The van der Waals surface area contributed by atoms with Gasteiger partial charge < -0.3 is 4.90 Å². The number of amides is 1. The molecule has 1 aromatic rings. The minimum atomic E-state index is -0.350. The van der Waals surface area contributed by atoms with Crippen molar-refractivity contribution in [1.29, 1.82) is 0 Å². The molecule has 0 saturated heterocycles. The third kappa shape index (κ3) is 5.74. The van der Waals surface area contributed by atoms with Crippen molar-refractivity contribution in [3.63, 3.8) is 0 Å². The van der Waals surface area contributed by atoms with Crippen LogP contribution in [-0.2, 0) is 4.79 Å². The molecule has 0 N–H and O–H groups in total. The highest BCUT2D eigenvalue weighted by Crippen LogP contribution is 2.23. The number of carbonyl (C=O) groups is 2. The zero-order valence-electron chi connectivity index (χ0n) is 12.1. The zero-order chi connectivity index (χ0) is 16.0. The molecule has 1 amide bonds. The molecule has 0 fully saturated rings. The summed E-state index contributed by atoms with van der Waals surface area (Å²) in [5.74, 6) is 5.53. The number of Topliss-reactive ketones (excluding diaryl/α,β-unsaturated/α-hetero) is 1. The Balaban J connectivity index is 2.80. The maximum absolute atomic E-state index is 12.2. The Morgan fingerprint density at radius 1 is 1.33 bits per heavy atom. The summed E-state index contributed by atoms with van der Waals surface area (Å²) in [6, 6.07) is 0. The van der Waals surface area contributed by atoms with E-state index in [2.05, 4.69) is 16.8 Å². The van der Waals surface area contributed by atoms with Gasteiger partial charge in [0, 0.05) is 17.8 Å². The van der Waals surface area contributed by atoms with Gasteiger partial charge in [0.15, 0.2) is 5.78 Å². The molecule has 0 unspecified atom stereocenters. The van der Waals surface area contributed by atoms with Crippen molar-refractivity contribution in [3.8, 4) is 11.8 Å². The first-order valence-corrected chi connectivity index (χ1v) is 7.02. The van der Waals surface area contributed by atoms with Crippen molar-refractivity contribution >= 4 is 35.4 Å². The van der Waals surface area contributed by atoms with Crippen LogP contribution < -0.4 is 0 Å². The molecule has 0 aliphatic carbocycles. The maximum Gasteiger partial charge on any atom is 0.210 e. The lowest BCUT2D eigenvalue weighted by Gasteiger charge is -2.14. The van der Waals surface area contributed by atoms with Gasteiger partial charge in [-0.25, -0.2) is 0 Å². The van der Waals surface area contributed by atoms with Gasteiger partial charge in [0.1, 0.15) is 0 Å². The van der Waals surface area contributed by atoms with E-state index in [9.17, 15) is 9.59 Å².